The molecule has 0 aliphatic carbocycles. The molecule has 0 spiro atoms. The Bertz CT molecular complexity index is 1310. The Balaban J connectivity index is 1.37. The minimum Gasteiger partial charge on any atom is -0.406 e. The van der Waals surface area contributed by atoms with Crippen molar-refractivity contribution in [2.24, 2.45) is 5.92 Å². The first-order valence-electron chi connectivity index (χ1n) is 11.1. The van der Waals surface area contributed by atoms with E-state index in [4.69, 9.17) is 5.26 Å². The van der Waals surface area contributed by atoms with E-state index in [9.17, 15) is 18.0 Å². The van der Waals surface area contributed by atoms with Crippen LogP contribution >= 0.6 is 0 Å². The van der Waals surface area contributed by atoms with Gasteiger partial charge in [0.15, 0.2) is 0 Å². The highest BCUT2D eigenvalue weighted by atomic mass is 19.4. The zero-order chi connectivity index (χ0) is 23.9. The van der Waals surface area contributed by atoms with E-state index in [0.29, 0.717) is 29.2 Å². The summed E-state index contributed by atoms with van der Waals surface area (Å²) < 4.78 is 43.0. The summed E-state index contributed by atoms with van der Waals surface area (Å²) in [6.45, 7) is 3.07. The molecule has 0 saturated carbocycles. The molecule has 5 rings (SSSR count). The van der Waals surface area contributed by atoms with E-state index in [2.05, 4.69) is 15.7 Å². The van der Waals surface area contributed by atoms with Crippen molar-refractivity contribution in [2.75, 3.05) is 13.1 Å². The molecule has 1 saturated heterocycles. The van der Waals surface area contributed by atoms with Crippen molar-refractivity contribution in [3.05, 3.63) is 87.8 Å². The molecular formula is C26H22F3N3O2. The van der Waals surface area contributed by atoms with Gasteiger partial charge in [-0.05, 0) is 59.9 Å². The number of pyridine rings is 1. The number of benzene rings is 2. The van der Waals surface area contributed by atoms with E-state index < -0.39 is 6.36 Å². The summed E-state index contributed by atoms with van der Waals surface area (Å²) in [5.74, 6) is 0.251. The monoisotopic (exact) mass is 465 g/mol. The van der Waals surface area contributed by atoms with Gasteiger partial charge in [-0.1, -0.05) is 24.3 Å². The first-order chi connectivity index (χ1) is 16.3. The van der Waals surface area contributed by atoms with E-state index in [1.807, 2.05) is 28.8 Å². The van der Waals surface area contributed by atoms with Crippen molar-refractivity contribution < 1.29 is 17.9 Å². The Morgan fingerprint density at radius 2 is 1.82 bits per heavy atom. The van der Waals surface area contributed by atoms with Crippen LogP contribution in [0.3, 0.4) is 0 Å². The number of alkyl halides is 3. The first-order valence-corrected chi connectivity index (χ1v) is 11.1. The van der Waals surface area contributed by atoms with Crippen LogP contribution in [0.5, 0.6) is 5.75 Å². The van der Waals surface area contributed by atoms with Crippen molar-refractivity contribution >= 4 is 0 Å². The summed E-state index contributed by atoms with van der Waals surface area (Å²) in [7, 11) is 0. The molecule has 2 aliphatic rings. The third-order valence-corrected chi connectivity index (χ3v) is 6.54. The molecule has 3 heterocycles. The first kappa shape index (κ1) is 22.2. The zero-order valence-corrected chi connectivity index (χ0v) is 18.3. The summed E-state index contributed by atoms with van der Waals surface area (Å²) in [6.07, 6.45) is -3.73. The summed E-state index contributed by atoms with van der Waals surface area (Å²) >= 11 is 0. The van der Waals surface area contributed by atoms with Crippen LogP contribution in [0.2, 0.25) is 0 Å². The number of piperidine rings is 1. The molecule has 0 radical (unpaired) electrons. The van der Waals surface area contributed by atoms with Crippen molar-refractivity contribution in [2.45, 2.75) is 31.8 Å². The number of fused-ring (bicyclic) bond motifs is 4. The molecule has 2 bridgehead atoms. The summed E-state index contributed by atoms with van der Waals surface area (Å²) in [5, 5.41) is 9.15. The smallest absolute Gasteiger partial charge is 0.406 e. The third kappa shape index (κ3) is 4.57. The Kier molecular flexibility index (Phi) is 5.66. The Morgan fingerprint density at radius 1 is 1.03 bits per heavy atom. The highest BCUT2D eigenvalue weighted by molar-refractivity contribution is 5.63. The summed E-state index contributed by atoms with van der Waals surface area (Å²) in [4.78, 5) is 15.7. The van der Waals surface area contributed by atoms with Crippen LogP contribution in [0.25, 0.3) is 11.1 Å². The van der Waals surface area contributed by atoms with Crippen LogP contribution in [-0.4, -0.2) is 28.9 Å². The number of ether oxygens (including phenoxy) is 1. The standard InChI is InChI=1S/C26H22F3N3O2/c27-26(28,29)34-22-6-4-20(5-7-22)23-8-9-24-21-11-19(15-32(24)25(23)33)14-31(16-21)13-18-3-1-2-17(10-18)12-30/h1-10,19,21H,11,13-16H2. The van der Waals surface area contributed by atoms with E-state index in [1.165, 1.54) is 24.3 Å². The molecule has 2 unspecified atom stereocenters. The molecule has 2 aliphatic heterocycles. The van der Waals surface area contributed by atoms with Crippen LogP contribution < -0.4 is 10.3 Å². The molecule has 34 heavy (non-hydrogen) atoms. The van der Waals surface area contributed by atoms with Crippen molar-refractivity contribution in [3.8, 4) is 22.9 Å². The zero-order valence-electron chi connectivity index (χ0n) is 18.3. The lowest BCUT2D eigenvalue weighted by molar-refractivity contribution is -0.274. The molecule has 5 nitrogen and oxygen atoms in total. The quantitative estimate of drug-likeness (QED) is 0.550. The Labute approximate surface area is 194 Å². The molecule has 2 atom stereocenters. The highest BCUT2D eigenvalue weighted by Crippen LogP contribution is 2.36. The van der Waals surface area contributed by atoms with Gasteiger partial charge in [-0.2, -0.15) is 5.26 Å². The van der Waals surface area contributed by atoms with Crippen molar-refractivity contribution in [1.82, 2.24) is 9.47 Å². The van der Waals surface area contributed by atoms with Gasteiger partial charge < -0.3 is 9.30 Å². The third-order valence-electron chi connectivity index (χ3n) is 6.54. The molecule has 8 heteroatoms. The number of nitriles is 1. The number of rotatable bonds is 4. The summed E-state index contributed by atoms with van der Waals surface area (Å²) in [6, 6.07) is 19.0. The minimum absolute atomic E-state index is 0.119. The topological polar surface area (TPSA) is 58.3 Å². The van der Waals surface area contributed by atoms with Gasteiger partial charge in [0.2, 0.25) is 0 Å². The molecule has 2 aromatic carbocycles. The Morgan fingerprint density at radius 3 is 2.56 bits per heavy atom. The molecular weight excluding hydrogens is 443 g/mol. The number of aromatic nitrogens is 1. The van der Waals surface area contributed by atoms with Crippen LogP contribution in [0, 0.1) is 17.2 Å². The number of hydrogen-bond acceptors (Lipinski definition) is 4. The highest BCUT2D eigenvalue weighted by Gasteiger charge is 2.35. The predicted molar refractivity (Wildman–Crippen MR) is 120 cm³/mol. The molecule has 3 aromatic rings. The number of halogens is 3. The van der Waals surface area contributed by atoms with E-state index in [-0.39, 0.29) is 17.2 Å². The second-order valence-corrected chi connectivity index (χ2v) is 8.96. The van der Waals surface area contributed by atoms with E-state index in [0.717, 1.165) is 37.3 Å². The normalized spacial score (nSPS) is 19.8. The van der Waals surface area contributed by atoms with Gasteiger partial charge in [-0.15, -0.1) is 13.2 Å². The fourth-order valence-corrected chi connectivity index (χ4v) is 5.23. The average molecular weight is 465 g/mol. The van der Waals surface area contributed by atoms with Gasteiger partial charge >= 0.3 is 6.36 Å². The second kappa shape index (κ2) is 8.65. The maximum absolute atomic E-state index is 13.3. The maximum Gasteiger partial charge on any atom is 0.573 e. The SMILES string of the molecule is N#Cc1cccc(CN2CC3CC(C2)c2ccc(-c4ccc(OC(F)(F)F)cc4)c(=O)n2C3)c1. The van der Waals surface area contributed by atoms with Crippen LogP contribution in [0.15, 0.2) is 65.5 Å². The average Bonchev–Trinajstić information content (AvgIpc) is 2.79. The van der Waals surface area contributed by atoms with Crippen molar-refractivity contribution in [3.63, 3.8) is 0 Å². The lowest BCUT2D eigenvalue weighted by Crippen LogP contribution is -2.46. The minimum atomic E-state index is -4.75. The van der Waals surface area contributed by atoms with E-state index in [1.54, 1.807) is 12.1 Å². The second-order valence-electron chi connectivity index (χ2n) is 8.96. The fourth-order valence-electron chi connectivity index (χ4n) is 5.23. The number of hydrogen-bond donors (Lipinski definition) is 0. The van der Waals surface area contributed by atoms with Gasteiger partial charge in [-0.25, -0.2) is 0 Å². The van der Waals surface area contributed by atoms with Gasteiger partial charge in [0.25, 0.3) is 5.56 Å². The van der Waals surface area contributed by atoms with E-state index >= 15 is 0 Å². The lowest BCUT2D eigenvalue weighted by Gasteiger charge is -2.43. The van der Waals surface area contributed by atoms with Crippen LogP contribution in [0.4, 0.5) is 13.2 Å². The van der Waals surface area contributed by atoms with Gasteiger partial charge in [0.1, 0.15) is 5.75 Å². The Hall–Kier alpha value is -3.57. The van der Waals surface area contributed by atoms with Gasteiger partial charge in [0, 0.05) is 43.4 Å². The maximum atomic E-state index is 13.3. The fraction of sp³-hybridized carbons (Fsp3) is 0.308. The number of likely N-dealkylation sites (tertiary alicyclic amines) is 1. The van der Waals surface area contributed by atoms with Gasteiger partial charge in [-0.3, -0.25) is 9.69 Å². The van der Waals surface area contributed by atoms with Crippen LogP contribution in [-0.2, 0) is 13.1 Å². The van der Waals surface area contributed by atoms with Crippen LogP contribution in [0.1, 0.15) is 29.2 Å². The molecule has 0 N–H and O–H groups in total. The van der Waals surface area contributed by atoms with Gasteiger partial charge in [0.05, 0.1) is 11.6 Å². The molecule has 174 valence electrons. The largest absolute Gasteiger partial charge is 0.573 e. The lowest BCUT2D eigenvalue weighted by atomic mass is 9.82. The van der Waals surface area contributed by atoms with Crippen molar-refractivity contribution in [1.29, 1.82) is 5.26 Å². The molecule has 1 fully saturated rings. The molecule has 0 amide bonds. The predicted octanol–water partition coefficient (Wildman–Crippen LogP) is 4.90. The number of nitrogens with zero attached hydrogens (tertiary/aromatic N) is 3. The molecule has 1 aromatic heterocycles. The summed E-state index contributed by atoms with van der Waals surface area (Å²) in [5.41, 5.74) is 3.66.